The van der Waals surface area contributed by atoms with Gasteiger partial charge in [-0.2, -0.15) is 0 Å². The third-order valence-electron chi connectivity index (χ3n) is 5.68. The number of rotatable bonds is 4. The van der Waals surface area contributed by atoms with Crippen LogP contribution in [0.25, 0.3) is 0 Å². The van der Waals surface area contributed by atoms with Gasteiger partial charge in [0.1, 0.15) is 0 Å². The highest BCUT2D eigenvalue weighted by atomic mass is 35.5. The van der Waals surface area contributed by atoms with Gasteiger partial charge >= 0.3 is 0 Å². The Kier molecular flexibility index (Phi) is 5.48. The van der Waals surface area contributed by atoms with Crippen molar-refractivity contribution in [2.45, 2.75) is 55.9 Å². The molecule has 5 heteroatoms. The molecule has 2 fully saturated rings. The zero-order chi connectivity index (χ0) is 17.0. The predicted octanol–water partition coefficient (Wildman–Crippen LogP) is 3.17. The van der Waals surface area contributed by atoms with Crippen LogP contribution in [-0.4, -0.2) is 31.2 Å². The van der Waals surface area contributed by atoms with Crippen LogP contribution in [0.2, 0.25) is 5.02 Å². The van der Waals surface area contributed by atoms with Crippen LogP contribution in [0.3, 0.4) is 0 Å². The lowest BCUT2D eigenvalue weighted by Crippen LogP contribution is -2.57. The molecule has 0 unspecified atom stereocenters. The topological polar surface area (TPSA) is 64.4 Å². The summed E-state index contributed by atoms with van der Waals surface area (Å²) in [6.07, 6.45) is 6.51. The van der Waals surface area contributed by atoms with Crippen molar-refractivity contribution in [2.75, 3.05) is 19.8 Å². The van der Waals surface area contributed by atoms with Gasteiger partial charge in [0.2, 0.25) is 5.91 Å². The second kappa shape index (κ2) is 7.42. The summed E-state index contributed by atoms with van der Waals surface area (Å²) < 4.78 is 5.55. The van der Waals surface area contributed by atoms with Crippen LogP contribution in [0.5, 0.6) is 0 Å². The standard InChI is InChI=1S/C19H27ClN2O2/c20-16-7-3-2-6-15(16)18(10-12-24-13-11-18)14-22-17(23)19(21)8-4-1-5-9-19/h2-3,6-7H,1,4-5,8-14,21H2,(H,22,23). The Morgan fingerprint density at radius 2 is 1.79 bits per heavy atom. The summed E-state index contributed by atoms with van der Waals surface area (Å²) in [5.41, 5.74) is 6.60. The Hall–Kier alpha value is -1.10. The van der Waals surface area contributed by atoms with Gasteiger partial charge in [-0.15, -0.1) is 0 Å². The van der Waals surface area contributed by atoms with Gasteiger partial charge in [0, 0.05) is 30.2 Å². The van der Waals surface area contributed by atoms with Crippen molar-refractivity contribution in [1.29, 1.82) is 0 Å². The lowest BCUT2D eigenvalue weighted by molar-refractivity contribution is -0.128. The largest absolute Gasteiger partial charge is 0.381 e. The van der Waals surface area contributed by atoms with Crippen LogP contribution >= 0.6 is 11.6 Å². The van der Waals surface area contributed by atoms with E-state index < -0.39 is 5.54 Å². The van der Waals surface area contributed by atoms with Crippen molar-refractivity contribution >= 4 is 17.5 Å². The number of hydrogen-bond donors (Lipinski definition) is 2. The number of halogens is 1. The summed E-state index contributed by atoms with van der Waals surface area (Å²) in [6.45, 7) is 1.95. The van der Waals surface area contributed by atoms with Gasteiger partial charge in [0.05, 0.1) is 5.54 Å². The summed E-state index contributed by atoms with van der Waals surface area (Å²) in [5, 5.41) is 3.91. The Labute approximate surface area is 149 Å². The smallest absolute Gasteiger partial charge is 0.240 e. The molecule has 3 N–H and O–H groups in total. The van der Waals surface area contributed by atoms with E-state index in [4.69, 9.17) is 22.1 Å². The predicted molar refractivity (Wildman–Crippen MR) is 96.2 cm³/mol. The van der Waals surface area contributed by atoms with Gasteiger partial charge in [-0.25, -0.2) is 0 Å². The molecule has 0 atom stereocenters. The molecule has 0 radical (unpaired) electrons. The highest BCUT2D eigenvalue weighted by Crippen LogP contribution is 2.38. The van der Waals surface area contributed by atoms with Crippen molar-refractivity contribution in [1.82, 2.24) is 5.32 Å². The number of benzene rings is 1. The summed E-state index contributed by atoms with van der Waals surface area (Å²) in [6, 6.07) is 7.93. The molecule has 1 aliphatic carbocycles. The molecule has 132 valence electrons. The number of carbonyl (C=O) groups is 1. The Morgan fingerprint density at radius 1 is 1.12 bits per heavy atom. The number of amides is 1. The third-order valence-corrected chi connectivity index (χ3v) is 6.01. The Balaban J connectivity index is 1.76. The molecule has 1 amide bonds. The van der Waals surface area contributed by atoms with Gasteiger partial charge in [-0.3, -0.25) is 4.79 Å². The van der Waals surface area contributed by atoms with Crippen LogP contribution in [0, 0.1) is 0 Å². The molecular weight excluding hydrogens is 324 g/mol. The first-order valence-electron chi connectivity index (χ1n) is 8.96. The van der Waals surface area contributed by atoms with E-state index in [9.17, 15) is 4.79 Å². The maximum absolute atomic E-state index is 12.7. The van der Waals surface area contributed by atoms with E-state index >= 15 is 0 Å². The lowest BCUT2D eigenvalue weighted by atomic mass is 9.73. The SMILES string of the molecule is NC1(C(=O)NCC2(c3ccccc3Cl)CCOCC2)CCCCC1. The minimum absolute atomic E-state index is 0.0138. The number of nitrogens with two attached hydrogens (primary N) is 1. The number of nitrogens with one attached hydrogen (secondary N) is 1. The van der Waals surface area contributed by atoms with Gasteiger partial charge in [-0.1, -0.05) is 49.1 Å². The first-order valence-corrected chi connectivity index (χ1v) is 9.34. The summed E-state index contributed by atoms with van der Waals surface area (Å²) in [4.78, 5) is 12.7. The van der Waals surface area contributed by atoms with Gasteiger partial charge in [0.25, 0.3) is 0 Å². The summed E-state index contributed by atoms with van der Waals surface area (Å²) in [5.74, 6) is -0.0138. The lowest BCUT2D eigenvalue weighted by Gasteiger charge is -2.40. The molecule has 1 saturated carbocycles. The van der Waals surface area contributed by atoms with E-state index in [1.165, 1.54) is 6.42 Å². The molecule has 0 spiro atoms. The number of ether oxygens (including phenoxy) is 1. The maximum atomic E-state index is 12.7. The third kappa shape index (κ3) is 3.61. The van der Waals surface area contributed by atoms with Crippen molar-refractivity contribution in [3.05, 3.63) is 34.9 Å². The molecule has 1 aliphatic heterocycles. The van der Waals surface area contributed by atoms with Gasteiger partial charge in [-0.05, 0) is 37.3 Å². The first kappa shape index (κ1) is 17.7. The monoisotopic (exact) mass is 350 g/mol. The molecule has 4 nitrogen and oxygen atoms in total. The first-order chi connectivity index (χ1) is 11.6. The van der Waals surface area contributed by atoms with Crippen LogP contribution in [0.15, 0.2) is 24.3 Å². The molecule has 0 bridgehead atoms. The van der Waals surface area contributed by atoms with Crippen molar-refractivity contribution in [3.63, 3.8) is 0 Å². The van der Waals surface area contributed by atoms with Crippen molar-refractivity contribution in [2.24, 2.45) is 5.73 Å². The molecular formula is C19H27ClN2O2. The van der Waals surface area contributed by atoms with Gasteiger partial charge < -0.3 is 15.8 Å². The highest BCUT2D eigenvalue weighted by Gasteiger charge is 2.39. The zero-order valence-corrected chi connectivity index (χ0v) is 14.9. The Bertz CT molecular complexity index is 578. The summed E-state index contributed by atoms with van der Waals surface area (Å²) >= 11 is 6.46. The van der Waals surface area contributed by atoms with E-state index in [1.807, 2.05) is 18.2 Å². The quantitative estimate of drug-likeness (QED) is 0.876. The highest BCUT2D eigenvalue weighted by molar-refractivity contribution is 6.31. The molecule has 1 heterocycles. The minimum Gasteiger partial charge on any atom is -0.381 e. The average molecular weight is 351 g/mol. The van der Waals surface area contributed by atoms with Crippen molar-refractivity contribution < 1.29 is 9.53 Å². The molecule has 3 rings (SSSR count). The van der Waals surface area contributed by atoms with Crippen LogP contribution < -0.4 is 11.1 Å². The van der Waals surface area contributed by atoms with Crippen molar-refractivity contribution in [3.8, 4) is 0 Å². The molecule has 1 aromatic carbocycles. The van der Waals surface area contributed by atoms with Crippen LogP contribution in [0.1, 0.15) is 50.5 Å². The molecule has 24 heavy (non-hydrogen) atoms. The normalized spacial score (nSPS) is 22.8. The molecule has 1 saturated heterocycles. The van der Waals surface area contributed by atoms with Gasteiger partial charge in [0.15, 0.2) is 0 Å². The Morgan fingerprint density at radius 3 is 2.46 bits per heavy atom. The van der Waals surface area contributed by atoms with E-state index in [0.29, 0.717) is 19.8 Å². The summed E-state index contributed by atoms with van der Waals surface area (Å²) in [7, 11) is 0. The fourth-order valence-corrected chi connectivity index (χ4v) is 4.37. The average Bonchev–Trinajstić information content (AvgIpc) is 2.61. The number of hydrogen-bond acceptors (Lipinski definition) is 3. The number of carbonyl (C=O) groups excluding carboxylic acids is 1. The molecule has 0 aromatic heterocycles. The second-order valence-corrected chi connectivity index (χ2v) is 7.68. The van der Waals surface area contributed by atoms with E-state index in [2.05, 4.69) is 11.4 Å². The molecule has 1 aromatic rings. The molecule has 2 aliphatic rings. The minimum atomic E-state index is -0.703. The second-order valence-electron chi connectivity index (χ2n) is 7.27. The van der Waals surface area contributed by atoms with Crippen LogP contribution in [0.4, 0.5) is 0 Å². The van der Waals surface area contributed by atoms with Crippen LogP contribution in [-0.2, 0) is 14.9 Å². The van der Waals surface area contributed by atoms with E-state index in [-0.39, 0.29) is 11.3 Å². The maximum Gasteiger partial charge on any atom is 0.240 e. The van der Waals surface area contributed by atoms with E-state index in [1.54, 1.807) is 0 Å². The van der Waals surface area contributed by atoms with E-state index in [0.717, 1.165) is 49.1 Å². The zero-order valence-electron chi connectivity index (χ0n) is 14.2. The fraction of sp³-hybridized carbons (Fsp3) is 0.632. The fourth-order valence-electron chi connectivity index (χ4n) is 4.03.